The third-order valence-electron chi connectivity index (χ3n) is 15.7. The maximum atomic E-state index is 15.0. The number of cyclic esters (lactones) is 4. The average molecular weight is 1120 g/mol. The lowest BCUT2D eigenvalue weighted by molar-refractivity contribution is -0.176. The van der Waals surface area contributed by atoms with Gasteiger partial charge in [0.25, 0.3) is 23.6 Å². The topological polar surface area (TPSA) is 205 Å². The number of likely N-dealkylation sites (N-methyl/N-ethyl adjacent to an activating group) is 4. The Morgan fingerprint density at radius 3 is 0.900 bits per heavy atom. The van der Waals surface area contributed by atoms with Gasteiger partial charge in [0.15, 0.2) is 24.4 Å². The average Bonchev–Trinajstić information content (AvgIpc) is 3.44. The van der Waals surface area contributed by atoms with Crippen LogP contribution >= 0.6 is 0 Å². The lowest BCUT2D eigenvalue weighted by Gasteiger charge is -2.35. The second-order valence-electron chi connectivity index (χ2n) is 24.1. The van der Waals surface area contributed by atoms with Gasteiger partial charge in [-0.1, -0.05) is 104 Å². The number of rotatable bonds is 14. The highest BCUT2D eigenvalue weighted by Crippen LogP contribution is 2.30. The number of amides is 4. The number of hydrogen-bond donors (Lipinski definition) is 0. The van der Waals surface area contributed by atoms with Gasteiger partial charge in [-0.2, -0.15) is 0 Å². The number of benzene rings is 2. The van der Waals surface area contributed by atoms with Crippen molar-refractivity contribution < 1.29 is 66.8 Å². The van der Waals surface area contributed by atoms with Gasteiger partial charge in [-0.05, 0) is 123 Å². The van der Waals surface area contributed by atoms with Crippen LogP contribution in [0.15, 0.2) is 48.5 Å². The van der Waals surface area contributed by atoms with Crippen molar-refractivity contribution in [2.75, 3.05) is 54.6 Å². The first-order chi connectivity index (χ1) is 37.8. The van der Waals surface area contributed by atoms with Crippen LogP contribution in [0.1, 0.15) is 155 Å². The van der Waals surface area contributed by atoms with E-state index in [4.69, 9.17) is 28.4 Å². The molecule has 2 aromatic rings. The summed E-state index contributed by atoms with van der Waals surface area (Å²) in [5, 5.41) is 0. The fourth-order valence-corrected chi connectivity index (χ4v) is 10.8. The fraction of sp³-hybridized carbons (Fsp3) is 0.677. The van der Waals surface area contributed by atoms with E-state index in [1.54, 1.807) is 0 Å². The van der Waals surface area contributed by atoms with Crippen LogP contribution in [0.25, 0.3) is 0 Å². The van der Waals surface area contributed by atoms with Crippen LogP contribution in [0.5, 0.6) is 0 Å². The Kier molecular flexibility index (Phi) is 24.6. The number of nitrogens with zero attached hydrogens (tertiary/aromatic N) is 4. The summed E-state index contributed by atoms with van der Waals surface area (Å²) >= 11 is 0. The minimum atomic E-state index is -1.50. The van der Waals surface area contributed by atoms with Gasteiger partial charge in [0.1, 0.15) is 24.2 Å². The lowest BCUT2D eigenvalue weighted by atomic mass is 9.90. The van der Waals surface area contributed by atoms with E-state index >= 15 is 9.59 Å². The summed E-state index contributed by atoms with van der Waals surface area (Å²) < 4.78 is 35.4. The molecule has 80 heavy (non-hydrogen) atoms. The van der Waals surface area contributed by atoms with Gasteiger partial charge in [0.2, 0.25) is 0 Å². The zero-order valence-corrected chi connectivity index (χ0v) is 50.1. The molecule has 444 valence electrons. The molecule has 3 fully saturated rings. The fourth-order valence-electron chi connectivity index (χ4n) is 10.8. The van der Waals surface area contributed by atoms with Crippen molar-refractivity contribution in [2.45, 2.75) is 194 Å². The van der Waals surface area contributed by atoms with Gasteiger partial charge >= 0.3 is 23.9 Å². The molecular formula is C62H92N4O14. The molecule has 4 amide bonds. The lowest BCUT2D eigenvalue weighted by Crippen LogP contribution is -2.55. The normalized spacial score (nSPS) is 26.0. The van der Waals surface area contributed by atoms with Gasteiger partial charge < -0.3 is 48.0 Å². The molecule has 0 aliphatic carbocycles. The van der Waals surface area contributed by atoms with Crippen molar-refractivity contribution in [2.24, 2.45) is 23.7 Å². The number of carbonyl (C=O) groups is 8. The monoisotopic (exact) mass is 1120 g/mol. The molecule has 0 N–H and O–H groups in total. The summed E-state index contributed by atoms with van der Waals surface area (Å²) in [5.41, 5.74) is 3.56. The zero-order valence-electron chi connectivity index (χ0n) is 50.1. The molecule has 0 saturated carbocycles. The molecule has 18 nitrogen and oxygen atoms in total. The smallest absolute Gasteiger partial charge is 0.329 e. The van der Waals surface area contributed by atoms with Crippen LogP contribution < -0.4 is 0 Å². The first kappa shape index (κ1) is 64.9. The molecule has 0 bridgehead atoms. The number of esters is 4. The maximum absolute atomic E-state index is 15.0. The highest BCUT2D eigenvalue weighted by molar-refractivity contribution is 5.94. The molecular weight excluding hydrogens is 1020 g/mol. The highest BCUT2D eigenvalue weighted by atomic mass is 16.6. The second-order valence-corrected chi connectivity index (χ2v) is 24.1. The Morgan fingerprint density at radius 1 is 0.388 bits per heavy atom. The predicted molar refractivity (Wildman–Crippen MR) is 301 cm³/mol. The van der Waals surface area contributed by atoms with Crippen molar-refractivity contribution in [3.05, 3.63) is 70.8 Å². The largest absolute Gasteiger partial charge is 0.451 e. The van der Waals surface area contributed by atoms with Crippen molar-refractivity contribution in [1.29, 1.82) is 0 Å². The molecule has 18 heteroatoms. The Hall–Kier alpha value is -5.88. The van der Waals surface area contributed by atoms with E-state index in [0.29, 0.717) is 49.4 Å². The minimum Gasteiger partial charge on any atom is -0.451 e. The standard InChI is InChI=1S/C62H92N4O14/c1-37(2)31-49-59(71)77-41(9)55(67)63(11)52(34-40(7)8)62(74)80-54(36-44-17-21-46(22-18-44)48-25-29-76-30-26-48)58(70)66(14)50(32-38(3)4)60(72)78-42(10)56(68)64(12)51(33-39(5)6)61(73)79-53(57(69)65(49)13)35-43-15-19-45(20-16-43)47-23-27-75-28-24-47/h15-22,37-42,47-54H,23-36H2,1-14H3/t41-,42-,49+,50?,51+,52+,53-,54-/m1/s1. The van der Waals surface area contributed by atoms with Crippen molar-refractivity contribution >= 4 is 47.5 Å². The van der Waals surface area contributed by atoms with Gasteiger partial charge in [-0.25, -0.2) is 19.2 Å². The Balaban J connectivity index is 1.59. The maximum Gasteiger partial charge on any atom is 0.329 e. The second kappa shape index (κ2) is 30.3. The number of carbonyl (C=O) groups excluding carboxylic acids is 8. The molecule has 0 radical (unpaired) electrons. The molecule has 8 atom stereocenters. The van der Waals surface area contributed by atoms with Gasteiger partial charge in [-0.3, -0.25) is 19.2 Å². The SMILES string of the molecule is CC(C)CC1C(=O)O[C@H](C)C(=O)N(C)[C@@H](CC(C)C)C(=O)O[C@H](Cc2ccc(C3CCOCC3)cc2)C(=O)N(C)[C@@H](CC(C)C)C(=O)O[C@H](C)C(=O)N(C)[C@@H](CC(C)C)C(=O)O[C@H](Cc2ccc(C3CCOCC3)cc2)C(=O)N1C. The van der Waals surface area contributed by atoms with E-state index in [1.807, 2.05) is 104 Å². The van der Waals surface area contributed by atoms with E-state index in [0.717, 1.165) is 46.6 Å². The molecule has 0 aromatic heterocycles. The van der Waals surface area contributed by atoms with E-state index in [9.17, 15) is 28.8 Å². The summed E-state index contributed by atoms with van der Waals surface area (Å²) in [7, 11) is 5.64. The van der Waals surface area contributed by atoms with Gasteiger partial charge in [0, 0.05) is 67.5 Å². The van der Waals surface area contributed by atoms with Crippen LogP contribution in [0.2, 0.25) is 0 Å². The van der Waals surface area contributed by atoms with Crippen LogP contribution in [0.4, 0.5) is 0 Å². The molecule has 3 aliphatic rings. The molecule has 3 heterocycles. The summed E-state index contributed by atoms with van der Waals surface area (Å²) in [6.07, 6.45) is -2.23. The number of hydrogen-bond acceptors (Lipinski definition) is 14. The molecule has 5 rings (SSSR count). The Morgan fingerprint density at radius 2 is 0.637 bits per heavy atom. The minimum absolute atomic E-state index is 0.0905. The van der Waals surface area contributed by atoms with Crippen LogP contribution in [-0.2, 0) is 79.6 Å². The third-order valence-corrected chi connectivity index (χ3v) is 15.7. The van der Waals surface area contributed by atoms with E-state index in [1.165, 1.54) is 51.8 Å². The van der Waals surface area contributed by atoms with E-state index in [-0.39, 0.29) is 62.2 Å². The molecule has 1 unspecified atom stereocenters. The van der Waals surface area contributed by atoms with Crippen molar-refractivity contribution in [1.82, 2.24) is 19.6 Å². The molecule has 2 aromatic carbocycles. The van der Waals surface area contributed by atoms with Gasteiger partial charge in [0.05, 0.1) is 0 Å². The summed E-state index contributed by atoms with van der Waals surface area (Å²) in [4.78, 5) is 122. The highest BCUT2D eigenvalue weighted by Gasteiger charge is 2.43. The van der Waals surface area contributed by atoms with Crippen molar-refractivity contribution in [3.63, 3.8) is 0 Å². The molecule has 3 aliphatic heterocycles. The quantitative estimate of drug-likeness (QED) is 0.133. The van der Waals surface area contributed by atoms with Crippen LogP contribution in [-0.4, -0.2) is 170 Å². The van der Waals surface area contributed by atoms with Crippen LogP contribution in [0, 0.1) is 23.7 Å². The summed E-state index contributed by atoms with van der Waals surface area (Å²) in [6.45, 7) is 20.3. The first-order valence-electron chi connectivity index (χ1n) is 29.0. The first-order valence-corrected chi connectivity index (χ1v) is 29.0. The van der Waals surface area contributed by atoms with Crippen molar-refractivity contribution in [3.8, 4) is 0 Å². The molecule has 0 spiro atoms. The van der Waals surface area contributed by atoms with E-state index in [2.05, 4.69) is 0 Å². The Bertz CT molecular complexity index is 2210. The number of ether oxygens (including phenoxy) is 6. The van der Waals surface area contributed by atoms with Gasteiger partial charge in [-0.15, -0.1) is 0 Å². The summed E-state index contributed by atoms with van der Waals surface area (Å²) in [6, 6.07) is 10.4. The Labute approximate surface area is 475 Å². The summed E-state index contributed by atoms with van der Waals surface area (Å²) in [5.74, 6) is -6.58. The third kappa shape index (κ3) is 18.1. The predicted octanol–water partition coefficient (Wildman–Crippen LogP) is 7.45. The molecule has 3 saturated heterocycles. The zero-order chi connectivity index (χ0) is 59.1. The van der Waals surface area contributed by atoms with E-state index < -0.39 is 96.1 Å². The van der Waals surface area contributed by atoms with Crippen LogP contribution in [0.3, 0.4) is 0 Å².